The molecule has 0 radical (unpaired) electrons. The first-order valence-corrected chi connectivity index (χ1v) is 12.2. The summed E-state index contributed by atoms with van der Waals surface area (Å²) in [5.41, 5.74) is 1.71. The van der Waals surface area contributed by atoms with E-state index in [9.17, 15) is 8.42 Å². The second kappa shape index (κ2) is 10.1. The molecular weight excluding hydrogens is 396 g/mol. The zero-order chi connectivity index (χ0) is 21.6. The molecule has 162 valence electrons. The molecule has 0 amide bonds. The predicted molar refractivity (Wildman–Crippen MR) is 121 cm³/mol. The molecule has 0 fully saturated rings. The Kier molecular flexibility index (Phi) is 7.56. The summed E-state index contributed by atoms with van der Waals surface area (Å²) in [4.78, 5) is 0.279. The van der Waals surface area contributed by atoms with Gasteiger partial charge in [0.05, 0.1) is 11.5 Å². The molecule has 1 aromatic carbocycles. The van der Waals surface area contributed by atoms with Crippen LogP contribution in [0.5, 0.6) is 5.75 Å². The van der Waals surface area contributed by atoms with Crippen LogP contribution < -0.4 is 10.1 Å². The third-order valence-electron chi connectivity index (χ3n) is 5.14. The SMILES string of the molecule is CCCCNCCCOc1ccc(S(=O)(=O)c2c(C(C)C)cc3ccccn23)cc1. The first kappa shape index (κ1) is 22.4. The van der Waals surface area contributed by atoms with Crippen molar-refractivity contribution in [1.29, 1.82) is 0 Å². The summed E-state index contributed by atoms with van der Waals surface area (Å²) in [5.74, 6) is 0.787. The van der Waals surface area contributed by atoms with E-state index >= 15 is 0 Å². The number of sulfone groups is 1. The van der Waals surface area contributed by atoms with Crippen LogP contribution in [-0.2, 0) is 9.84 Å². The molecule has 3 rings (SSSR count). The number of fused-ring (bicyclic) bond motifs is 1. The van der Waals surface area contributed by atoms with Crippen molar-refractivity contribution in [2.24, 2.45) is 0 Å². The maximum atomic E-state index is 13.5. The second-order valence-corrected chi connectivity index (χ2v) is 9.70. The highest BCUT2D eigenvalue weighted by Gasteiger charge is 2.27. The van der Waals surface area contributed by atoms with Crippen LogP contribution in [-0.4, -0.2) is 32.5 Å². The van der Waals surface area contributed by atoms with Crippen molar-refractivity contribution in [3.63, 3.8) is 0 Å². The van der Waals surface area contributed by atoms with Gasteiger partial charge in [0, 0.05) is 11.7 Å². The van der Waals surface area contributed by atoms with Gasteiger partial charge in [-0.1, -0.05) is 33.3 Å². The van der Waals surface area contributed by atoms with Gasteiger partial charge in [-0.15, -0.1) is 0 Å². The zero-order valence-corrected chi connectivity index (χ0v) is 18.9. The smallest absolute Gasteiger partial charge is 0.222 e. The van der Waals surface area contributed by atoms with Gasteiger partial charge in [-0.25, -0.2) is 8.42 Å². The van der Waals surface area contributed by atoms with Crippen molar-refractivity contribution in [3.05, 3.63) is 60.3 Å². The van der Waals surface area contributed by atoms with Crippen molar-refractivity contribution in [3.8, 4) is 5.75 Å². The Balaban J connectivity index is 1.73. The van der Waals surface area contributed by atoms with Crippen molar-refractivity contribution in [1.82, 2.24) is 9.72 Å². The Hall–Kier alpha value is -2.31. The molecule has 6 heteroatoms. The Labute approximate surface area is 180 Å². The zero-order valence-electron chi connectivity index (χ0n) is 18.1. The number of aromatic nitrogens is 1. The summed E-state index contributed by atoms with van der Waals surface area (Å²) in [6, 6.07) is 14.4. The second-order valence-electron chi connectivity index (χ2n) is 7.84. The Morgan fingerprint density at radius 3 is 2.47 bits per heavy atom. The lowest BCUT2D eigenvalue weighted by atomic mass is 10.1. The van der Waals surface area contributed by atoms with E-state index in [0.717, 1.165) is 30.6 Å². The van der Waals surface area contributed by atoms with E-state index in [1.807, 2.05) is 38.1 Å². The molecule has 0 atom stereocenters. The molecule has 0 aliphatic heterocycles. The summed E-state index contributed by atoms with van der Waals surface area (Å²) in [7, 11) is -3.66. The fraction of sp³-hybridized carbons (Fsp3) is 0.417. The summed E-state index contributed by atoms with van der Waals surface area (Å²) < 4.78 is 34.4. The lowest BCUT2D eigenvalue weighted by Crippen LogP contribution is -2.18. The number of nitrogens with one attached hydrogen (secondary N) is 1. The molecule has 1 N–H and O–H groups in total. The van der Waals surface area contributed by atoms with Crippen molar-refractivity contribution in [2.75, 3.05) is 19.7 Å². The maximum absolute atomic E-state index is 13.5. The molecular formula is C24H32N2O3S. The van der Waals surface area contributed by atoms with Crippen LogP contribution in [0.15, 0.2) is 64.6 Å². The fourth-order valence-corrected chi connectivity index (χ4v) is 5.21. The van der Waals surface area contributed by atoms with Crippen LogP contribution in [0.3, 0.4) is 0 Å². The lowest BCUT2D eigenvalue weighted by molar-refractivity contribution is 0.308. The normalized spacial score (nSPS) is 12.0. The monoisotopic (exact) mass is 428 g/mol. The topological polar surface area (TPSA) is 59.8 Å². The molecule has 0 aliphatic carbocycles. The Bertz CT molecular complexity index is 1050. The third kappa shape index (κ3) is 5.05. The molecule has 0 saturated carbocycles. The van der Waals surface area contributed by atoms with E-state index in [4.69, 9.17) is 4.74 Å². The van der Waals surface area contributed by atoms with Gasteiger partial charge in [-0.3, -0.25) is 0 Å². The number of hydrogen-bond donors (Lipinski definition) is 1. The molecule has 30 heavy (non-hydrogen) atoms. The molecule has 0 unspecified atom stereocenters. The summed E-state index contributed by atoms with van der Waals surface area (Å²) >= 11 is 0. The minimum Gasteiger partial charge on any atom is -0.494 e. The molecule has 3 aromatic rings. The van der Waals surface area contributed by atoms with E-state index in [1.165, 1.54) is 12.8 Å². The quantitative estimate of drug-likeness (QED) is 0.434. The highest BCUT2D eigenvalue weighted by molar-refractivity contribution is 7.91. The van der Waals surface area contributed by atoms with Crippen molar-refractivity contribution in [2.45, 2.75) is 55.9 Å². The first-order chi connectivity index (χ1) is 14.4. The molecule has 0 bridgehead atoms. The first-order valence-electron chi connectivity index (χ1n) is 10.7. The largest absolute Gasteiger partial charge is 0.494 e. The molecule has 2 aromatic heterocycles. The summed E-state index contributed by atoms with van der Waals surface area (Å²) in [6.07, 6.45) is 5.10. The van der Waals surface area contributed by atoms with Crippen LogP contribution in [0.4, 0.5) is 0 Å². The van der Waals surface area contributed by atoms with Gasteiger partial charge >= 0.3 is 0 Å². The van der Waals surface area contributed by atoms with Crippen LogP contribution in [0.1, 0.15) is 51.5 Å². The number of benzene rings is 1. The Morgan fingerprint density at radius 2 is 1.77 bits per heavy atom. The van der Waals surface area contributed by atoms with Crippen molar-refractivity contribution < 1.29 is 13.2 Å². The van der Waals surface area contributed by atoms with Gasteiger partial charge in [-0.05, 0) is 79.9 Å². The minimum absolute atomic E-state index is 0.100. The number of nitrogens with zero attached hydrogens (tertiary/aromatic N) is 1. The van der Waals surface area contributed by atoms with E-state index in [-0.39, 0.29) is 10.8 Å². The van der Waals surface area contributed by atoms with Gasteiger partial charge in [-0.2, -0.15) is 0 Å². The predicted octanol–water partition coefficient (Wildman–Crippen LogP) is 5.05. The van der Waals surface area contributed by atoms with E-state index < -0.39 is 9.84 Å². The highest BCUT2D eigenvalue weighted by atomic mass is 32.2. The van der Waals surface area contributed by atoms with Crippen LogP contribution >= 0.6 is 0 Å². The highest BCUT2D eigenvalue weighted by Crippen LogP contribution is 2.32. The number of unbranched alkanes of at least 4 members (excludes halogenated alkanes) is 1. The van der Waals surface area contributed by atoms with E-state index in [0.29, 0.717) is 17.4 Å². The number of ether oxygens (including phenoxy) is 1. The molecule has 5 nitrogen and oxygen atoms in total. The van der Waals surface area contributed by atoms with Crippen molar-refractivity contribution >= 4 is 15.4 Å². The summed E-state index contributed by atoms with van der Waals surface area (Å²) in [5, 5.41) is 3.73. The van der Waals surface area contributed by atoms with Gasteiger partial charge in [0.25, 0.3) is 0 Å². The van der Waals surface area contributed by atoms with Gasteiger partial charge in [0.15, 0.2) is 0 Å². The van der Waals surface area contributed by atoms with Crippen LogP contribution in [0.25, 0.3) is 5.52 Å². The molecule has 0 saturated heterocycles. The van der Waals surface area contributed by atoms with Crippen LogP contribution in [0.2, 0.25) is 0 Å². The van der Waals surface area contributed by atoms with E-state index in [2.05, 4.69) is 12.2 Å². The van der Waals surface area contributed by atoms with Gasteiger partial charge in [0.1, 0.15) is 10.8 Å². The standard InChI is InChI=1S/C24H32N2O3S/c1-4-5-14-25-15-8-17-29-21-10-12-22(13-11-21)30(27,28)24-23(19(2)3)18-20-9-6-7-16-26(20)24/h6-7,9-13,16,18-19,25H,4-5,8,14-15,17H2,1-3H3. The van der Waals surface area contributed by atoms with Gasteiger partial charge in [0.2, 0.25) is 9.84 Å². The summed E-state index contributed by atoms with van der Waals surface area (Å²) in [6.45, 7) is 8.77. The van der Waals surface area contributed by atoms with E-state index in [1.54, 1.807) is 34.9 Å². The number of rotatable bonds is 11. The molecule has 0 spiro atoms. The number of hydrogen-bond acceptors (Lipinski definition) is 4. The maximum Gasteiger partial charge on any atom is 0.222 e. The average Bonchev–Trinajstić information content (AvgIpc) is 3.14. The van der Waals surface area contributed by atoms with Crippen LogP contribution in [0, 0.1) is 0 Å². The molecule has 0 aliphatic rings. The van der Waals surface area contributed by atoms with Gasteiger partial charge < -0.3 is 14.5 Å². The number of pyridine rings is 1. The minimum atomic E-state index is -3.66. The Morgan fingerprint density at radius 1 is 1.03 bits per heavy atom. The third-order valence-corrected chi connectivity index (χ3v) is 6.98. The average molecular weight is 429 g/mol. The molecule has 2 heterocycles. The fourth-order valence-electron chi connectivity index (χ4n) is 3.46. The lowest BCUT2D eigenvalue weighted by Gasteiger charge is -2.12.